The highest BCUT2D eigenvalue weighted by molar-refractivity contribution is 6.34. The molecule has 8 atom stereocenters. The molecule has 4 aromatic carbocycles. The first-order chi connectivity index (χ1) is 39.5. The molecule has 1 spiro atoms. The Bertz CT molecular complexity index is 3270. The van der Waals surface area contributed by atoms with Gasteiger partial charge in [0, 0.05) is 32.9 Å². The van der Waals surface area contributed by atoms with E-state index in [1.54, 1.807) is 104 Å². The summed E-state index contributed by atoms with van der Waals surface area (Å²) >= 11 is 13.0. The number of alkyl halides is 1. The minimum absolute atomic E-state index is 0. The van der Waals surface area contributed by atoms with Crippen LogP contribution in [0.5, 0.6) is 5.75 Å². The first-order valence-corrected chi connectivity index (χ1v) is 28.6. The quantitative estimate of drug-likeness (QED) is 0.0279. The lowest BCUT2D eigenvalue weighted by atomic mass is 9.62. The van der Waals surface area contributed by atoms with E-state index in [9.17, 15) is 43.2 Å². The number of ketones is 2. The summed E-state index contributed by atoms with van der Waals surface area (Å²) in [5, 5.41) is 8.09. The number of hydrogen-bond donors (Lipinski definition) is 3. The fourth-order valence-corrected chi connectivity index (χ4v) is 11.1. The Labute approximate surface area is 503 Å². The van der Waals surface area contributed by atoms with Crippen molar-refractivity contribution in [3.63, 3.8) is 0 Å². The maximum absolute atomic E-state index is 14.3. The van der Waals surface area contributed by atoms with Crippen LogP contribution in [0.2, 0.25) is 5.02 Å². The number of rotatable bonds is 18. The molecule has 0 bridgehead atoms. The van der Waals surface area contributed by atoms with E-state index in [0.29, 0.717) is 23.5 Å². The number of hydrogen-bond acceptors (Lipinski definition) is 12. The van der Waals surface area contributed by atoms with E-state index < -0.39 is 111 Å². The van der Waals surface area contributed by atoms with E-state index in [1.165, 1.54) is 9.80 Å². The SMILES string of the molecule is C#CC1(Oc2ccc(C)cc2C)C(=O)NC12CCC(Cl)C(NC(=O)C(C(=O)C(C)(C)C)N1C(=O)C(OCC)N(Cc3ccccc3)C1=O)C2.CCOC1C(=O)N(C(C(=O)Nc2cc(C)ccc2Cl)C(=O)C(C)(C)C)C(=O)N1Cc1ccccc1.[HH].[HH]. The summed E-state index contributed by atoms with van der Waals surface area (Å²) in [6.45, 7) is 19.1. The number of β-lactam (4-membered cyclic amide) rings is 1. The smallest absolute Gasteiger partial charge is 0.330 e. The third-order valence-electron chi connectivity index (χ3n) is 15.1. The molecule has 1 saturated carbocycles. The molecular weight excluding hydrogens is 1120 g/mol. The first-order valence-electron chi connectivity index (χ1n) is 27.8. The Morgan fingerprint density at radius 3 is 1.65 bits per heavy atom. The molecule has 19 nitrogen and oxygen atoms in total. The zero-order valence-electron chi connectivity index (χ0n) is 49.2. The number of imide groups is 2. The van der Waals surface area contributed by atoms with Gasteiger partial charge in [-0.1, -0.05) is 138 Å². The van der Waals surface area contributed by atoms with Crippen molar-refractivity contribution in [2.24, 2.45) is 10.8 Å². The number of nitrogens with one attached hydrogen (secondary N) is 3. The van der Waals surface area contributed by atoms with Crippen LogP contribution in [-0.2, 0) is 56.1 Å². The Kier molecular flexibility index (Phi) is 19.6. The van der Waals surface area contributed by atoms with Crippen molar-refractivity contribution in [1.82, 2.24) is 30.2 Å². The van der Waals surface area contributed by atoms with Gasteiger partial charge in [-0.15, -0.1) is 18.0 Å². The molecule has 21 heteroatoms. The number of terminal acetylenes is 1. The van der Waals surface area contributed by atoms with Crippen molar-refractivity contribution in [3.05, 3.63) is 130 Å². The van der Waals surface area contributed by atoms with Crippen LogP contribution in [0.15, 0.2) is 97.1 Å². The fraction of sp³-hybridized carbons (Fsp3) is 0.444. The second-order valence-electron chi connectivity index (χ2n) is 23.4. The van der Waals surface area contributed by atoms with Crippen LogP contribution in [0.4, 0.5) is 15.3 Å². The minimum atomic E-state index is -1.81. The topological polar surface area (TPSA) is 230 Å². The molecule has 3 aliphatic heterocycles. The van der Waals surface area contributed by atoms with Crippen LogP contribution in [0, 0.1) is 43.9 Å². The Hall–Kier alpha value is -7.63. The molecule has 8 unspecified atom stereocenters. The third-order valence-corrected chi connectivity index (χ3v) is 16.0. The number of halogens is 2. The summed E-state index contributed by atoms with van der Waals surface area (Å²) in [4.78, 5) is 127. The zero-order valence-corrected chi connectivity index (χ0v) is 50.7. The van der Waals surface area contributed by atoms with E-state index >= 15 is 0 Å². The Morgan fingerprint density at radius 2 is 1.20 bits per heavy atom. The van der Waals surface area contributed by atoms with Gasteiger partial charge in [-0.3, -0.25) is 43.4 Å². The predicted molar refractivity (Wildman–Crippen MR) is 319 cm³/mol. The second kappa shape index (κ2) is 25.7. The highest BCUT2D eigenvalue weighted by atomic mass is 35.5. The van der Waals surface area contributed by atoms with Gasteiger partial charge in [0.1, 0.15) is 11.3 Å². The van der Waals surface area contributed by atoms with Gasteiger partial charge in [0.25, 0.3) is 35.1 Å². The normalized spacial score (nSPS) is 23.0. The van der Waals surface area contributed by atoms with Crippen molar-refractivity contribution in [1.29, 1.82) is 0 Å². The molecule has 3 heterocycles. The standard InChI is InChI=1S/C37H43ClN4O7.C26H30ClN3O5.2H2/c1-8-37(49-27-16-15-22(3)19-23(27)4)33(46)40-36(37)18-17-25(38)26(20-36)39-30(44)28(29(43)35(5,6)7)42-31(45)32(48-9-2)41(34(42)47)21-24-13-11-10-12-14-24;1-6-35-24-23(33)30(25(34)29(24)15-17-10-8-7-9-11-17)20(21(31)26(3,4)5)22(32)28-19-14-16(2)12-13-18(19)27;;/h1,10-16,19,25-26,28,32H,9,17-18,20-21H2,2-7H3,(H,39,44)(H,40,46);7-14,20,24H,6,15H2,1-5H3,(H,28,32);2*1H. The lowest BCUT2D eigenvalue weighted by Crippen LogP contribution is -2.85. The van der Waals surface area contributed by atoms with E-state index in [2.05, 4.69) is 21.9 Å². The summed E-state index contributed by atoms with van der Waals surface area (Å²) in [5.41, 5.74) is -0.469. The molecule has 0 aromatic heterocycles. The average molecular weight is 1200 g/mol. The van der Waals surface area contributed by atoms with E-state index in [0.717, 1.165) is 32.7 Å². The van der Waals surface area contributed by atoms with Crippen LogP contribution in [0.25, 0.3) is 0 Å². The number of carbonyl (C=O) groups is 9. The summed E-state index contributed by atoms with van der Waals surface area (Å²) in [7, 11) is 0. The van der Waals surface area contributed by atoms with Gasteiger partial charge in [0.15, 0.2) is 23.7 Å². The van der Waals surface area contributed by atoms with E-state index in [-0.39, 0.29) is 46.3 Å². The average Bonchev–Trinajstić information content (AvgIpc) is 0.920. The predicted octanol–water partition coefficient (Wildman–Crippen LogP) is 8.90. The summed E-state index contributed by atoms with van der Waals surface area (Å²) in [6.07, 6.45) is 4.23. The maximum Gasteiger partial charge on any atom is 0.330 e. The highest BCUT2D eigenvalue weighted by Gasteiger charge is 2.70. The van der Waals surface area contributed by atoms with Gasteiger partial charge in [-0.2, -0.15) is 0 Å². The molecule has 3 N–H and O–H groups in total. The molecule has 9 amide bonds. The molecule has 4 aromatic rings. The van der Waals surface area contributed by atoms with Crippen LogP contribution >= 0.6 is 23.2 Å². The first kappa shape index (κ1) is 63.9. The highest BCUT2D eigenvalue weighted by Crippen LogP contribution is 2.47. The van der Waals surface area contributed by atoms with Crippen molar-refractivity contribution in [3.8, 4) is 18.1 Å². The number of benzene rings is 4. The molecule has 450 valence electrons. The number of ether oxygens (including phenoxy) is 3. The van der Waals surface area contributed by atoms with Gasteiger partial charge in [-0.25, -0.2) is 19.4 Å². The maximum atomic E-state index is 14.3. The number of aryl methyl sites for hydroxylation is 3. The second-order valence-corrected chi connectivity index (χ2v) is 24.4. The molecular formula is C63H77Cl2N7O12. The lowest BCUT2D eigenvalue weighted by Gasteiger charge is -2.58. The summed E-state index contributed by atoms with van der Waals surface area (Å²) in [6, 6.07) is 22.8. The molecule has 84 heavy (non-hydrogen) atoms. The number of anilines is 1. The van der Waals surface area contributed by atoms with E-state index in [1.807, 2.05) is 69.3 Å². The third kappa shape index (κ3) is 13.0. The van der Waals surface area contributed by atoms with Gasteiger partial charge >= 0.3 is 12.1 Å². The van der Waals surface area contributed by atoms with Crippen LogP contribution < -0.4 is 20.7 Å². The van der Waals surface area contributed by atoms with Crippen LogP contribution in [0.1, 0.15) is 105 Å². The molecule has 4 fully saturated rings. The molecule has 0 radical (unpaired) electrons. The summed E-state index contributed by atoms with van der Waals surface area (Å²) in [5.74, 6) is -1.94. The Balaban J connectivity index is 0.000000324. The number of amides is 9. The number of urea groups is 2. The fourth-order valence-electron chi connectivity index (χ4n) is 10.6. The molecule has 4 aliphatic rings. The monoisotopic (exact) mass is 1190 g/mol. The van der Waals surface area contributed by atoms with Crippen molar-refractivity contribution in [2.75, 3.05) is 18.5 Å². The van der Waals surface area contributed by atoms with Gasteiger partial charge < -0.3 is 30.2 Å². The Morgan fingerprint density at radius 1 is 0.726 bits per heavy atom. The van der Waals surface area contributed by atoms with Crippen LogP contribution in [-0.4, -0.2) is 133 Å². The number of carbonyl (C=O) groups excluding carboxylic acids is 9. The van der Waals surface area contributed by atoms with Gasteiger partial charge in [-0.05, 0) is 100 Å². The number of nitrogens with zero attached hydrogens (tertiary/aromatic N) is 4. The van der Waals surface area contributed by atoms with Crippen molar-refractivity contribution >= 4 is 82.1 Å². The van der Waals surface area contributed by atoms with Gasteiger partial charge in [0.05, 0.1) is 29.2 Å². The zero-order chi connectivity index (χ0) is 61.8. The van der Waals surface area contributed by atoms with Gasteiger partial charge in [0.2, 0.25) is 12.5 Å². The number of Topliss-reactive ketones (excluding diaryl/α,β-unsaturated/α-hetero) is 2. The molecule has 1 aliphatic carbocycles. The largest absolute Gasteiger partial charge is 0.462 e. The minimum Gasteiger partial charge on any atom is -0.462 e. The molecule has 3 saturated heterocycles. The van der Waals surface area contributed by atoms with Crippen molar-refractivity contribution in [2.45, 2.75) is 156 Å². The van der Waals surface area contributed by atoms with Crippen molar-refractivity contribution < 1.29 is 60.2 Å². The van der Waals surface area contributed by atoms with Crippen LogP contribution in [0.3, 0.4) is 0 Å². The molecule has 8 rings (SSSR count). The van der Waals surface area contributed by atoms with E-state index in [4.69, 9.17) is 43.8 Å². The lowest BCUT2D eigenvalue weighted by molar-refractivity contribution is -0.164. The summed E-state index contributed by atoms with van der Waals surface area (Å²) < 4.78 is 17.6.